The molecular weight excluding hydrogens is 286 g/mol. The molecule has 21 heavy (non-hydrogen) atoms. The van der Waals surface area contributed by atoms with Gasteiger partial charge in [0.05, 0.1) is 5.75 Å². The summed E-state index contributed by atoms with van der Waals surface area (Å²) < 4.78 is 22.1. The van der Waals surface area contributed by atoms with E-state index in [1.165, 1.54) is 17.4 Å². The van der Waals surface area contributed by atoms with Gasteiger partial charge >= 0.3 is 0 Å². The molecule has 5 nitrogen and oxygen atoms in total. The van der Waals surface area contributed by atoms with Crippen molar-refractivity contribution in [2.24, 2.45) is 4.99 Å². The van der Waals surface area contributed by atoms with Crippen LogP contribution in [0.4, 0.5) is 0 Å². The Hall–Kier alpha value is -1.56. The number of nitrogens with zero attached hydrogens (tertiary/aromatic N) is 1. The summed E-state index contributed by atoms with van der Waals surface area (Å²) in [5.74, 6) is 0.879. The van der Waals surface area contributed by atoms with Crippen LogP contribution in [0.5, 0.6) is 0 Å². The standard InChI is InChI=1S/C15H25N3O2S/c1-4-13-8-5-6-9-14(13)12-18-15(16-2)17-10-7-11-21(3,19)20/h5-6,8-9H,4,7,10-12H2,1-3H3,(H2,16,17,18). The van der Waals surface area contributed by atoms with Crippen molar-refractivity contribution in [3.8, 4) is 0 Å². The predicted molar refractivity (Wildman–Crippen MR) is 88.3 cm³/mol. The topological polar surface area (TPSA) is 70.6 Å². The minimum atomic E-state index is -2.89. The molecule has 0 aliphatic rings. The van der Waals surface area contributed by atoms with Crippen molar-refractivity contribution < 1.29 is 8.42 Å². The fourth-order valence-electron chi connectivity index (χ4n) is 2.02. The third-order valence-corrected chi connectivity index (χ3v) is 4.18. The number of sulfone groups is 1. The lowest BCUT2D eigenvalue weighted by Crippen LogP contribution is -2.37. The van der Waals surface area contributed by atoms with Crippen LogP contribution in [-0.2, 0) is 22.8 Å². The maximum Gasteiger partial charge on any atom is 0.191 e. The van der Waals surface area contributed by atoms with Crippen molar-refractivity contribution >= 4 is 15.8 Å². The summed E-state index contributed by atoms with van der Waals surface area (Å²) in [4.78, 5) is 4.14. The fourth-order valence-corrected chi connectivity index (χ4v) is 2.68. The summed E-state index contributed by atoms with van der Waals surface area (Å²) in [6.07, 6.45) is 2.82. The Morgan fingerprint density at radius 2 is 1.86 bits per heavy atom. The van der Waals surface area contributed by atoms with E-state index >= 15 is 0 Å². The number of hydrogen-bond acceptors (Lipinski definition) is 3. The van der Waals surface area contributed by atoms with E-state index in [9.17, 15) is 8.42 Å². The van der Waals surface area contributed by atoms with Gasteiger partial charge in [-0.1, -0.05) is 31.2 Å². The maximum absolute atomic E-state index is 11.1. The van der Waals surface area contributed by atoms with E-state index in [1.54, 1.807) is 7.05 Å². The van der Waals surface area contributed by atoms with Crippen molar-refractivity contribution in [3.05, 3.63) is 35.4 Å². The van der Waals surface area contributed by atoms with Crippen LogP contribution in [0.25, 0.3) is 0 Å². The van der Waals surface area contributed by atoms with Crippen molar-refractivity contribution in [1.29, 1.82) is 0 Å². The summed E-state index contributed by atoms with van der Waals surface area (Å²) in [6, 6.07) is 8.29. The SMILES string of the molecule is CCc1ccccc1CNC(=NC)NCCCS(C)(=O)=O. The Balaban J connectivity index is 2.41. The highest BCUT2D eigenvalue weighted by Crippen LogP contribution is 2.08. The van der Waals surface area contributed by atoms with Gasteiger partial charge in [0, 0.05) is 26.4 Å². The van der Waals surface area contributed by atoms with E-state index in [0.29, 0.717) is 25.5 Å². The molecule has 0 spiro atoms. The van der Waals surface area contributed by atoms with Crippen LogP contribution in [-0.4, -0.2) is 40.0 Å². The van der Waals surface area contributed by atoms with E-state index in [1.807, 2.05) is 12.1 Å². The van der Waals surface area contributed by atoms with Crippen LogP contribution in [0, 0.1) is 0 Å². The summed E-state index contributed by atoms with van der Waals surface area (Å²) in [6.45, 7) is 3.43. The Morgan fingerprint density at radius 1 is 1.19 bits per heavy atom. The van der Waals surface area contributed by atoms with Crippen LogP contribution in [0.1, 0.15) is 24.5 Å². The molecule has 0 aliphatic heterocycles. The van der Waals surface area contributed by atoms with Gasteiger partial charge in [0.25, 0.3) is 0 Å². The van der Waals surface area contributed by atoms with Crippen LogP contribution in [0.2, 0.25) is 0 Å². The second-order valence-electron chi connectivity index (χ2n) is 4.96. The molecule has 0 atom stereocenters. The number of nitrogens with one attached hydrogen (secondary N) is 2. The van der Waals surface area contributed by atoms with Gasteiger partial charge in [-0.3, -0.25) is 4.99 Å². The number of rotatable bonds is 7. The lowest BCUT2D eigenvalue weighted by atomic mass is 10.1. The second-order valence-corrected chi connectivity index (χ2v) is 7.22. The largest absolute Gasteiger partial charge is 0.356 e. The molecule has 0 radical (unpaired) electrons. The van der Waals surface area contributed by atoms with Gasteiger partial charge in [-0.25, -0.2) is 8.42 Å². The first kappa shape index (κ1) is 17.5. The smallest absolute Gasteiger partial charge is 0.191 e. The molecular formula is C15H25N3O2S. The zero-order chi connectivity index (χ0) is 15.7. The van der Waals surface area contributed by atoms with Gasteiger partial charge in [0.1, 0.15) is 9.84 Å². The third-order valence-electron chi connectivity index (χ3n) is 3.15. The molecule has 1 rings (SSSR count). The molecule has 118 valence electrons. The first-order valence-corrected chi connectivity index (χ1v) is 9.21. The molecule has 0 amide bonds. The molecule has 2 N–H and O–H groups in total. The number of guanidine groups is 1. The van der Waals surface area contributed by atoms with Crippen molar-refractivity contribution in [2.45, 2.75) is 26.3 Å². The van der Waals surface area contributed by atoms with Crippen molar-refractivity contribution in [1.82, 2.24) is 10.6 Å². The van der Waals surface area contributed by atoms with Crippen molar-refractivity contribution in [2.75, 3.05) is 25.6 Å². The van der Waals surface area contributed by atoms with Crippen LogP contribution in [0.15, 0.2) is 29.3 Å². The molecule has 0 heterocycles. The highest BCUT2D eigenvalue weighted by Gasteiger charge is 2.04. The number of aryl methyl sites for hydroxylation is 1. The second kappa shape index (κ2) is 8.67. The lowest BCUT2D eigenvalue weighted by molar-refractivity contribution is 0.598. The molecule has 0 aromatic heterocycles. The van der Waals surface area contributed by atoms with Gasteiger partial charge in [0.15, 0.2) is 5.96 Å². The summed E-state index contributed by atoms with van der Waals surface area (Å²) in [5, 5.41) is 6.37. The molecule has 1 aromatic carbocycles. The minimum absolute atomic E-state index is 0.190. The van der Waals surface area contributed by atoms with E-state index in [4.69, 9.17) is 0 Å². The average Bonchev–Trinajstić information content (AvgIpc) is 2.45. The molecule has 6 heteroatoms. The predicted octanol–water partition coefficient (Wildman–Crippen LogP) is 1.35. The van der Waals surface area contributed by atoms with E-state index in [-0.39, 0.29) is 5.75 Å². The number of benzene rings is 1. The third kappa shape index (κ3) is 7.13. The number of hydrogen-bond donors (Lipinski definition) is 2. The monoisotopic (exact) mass is 311 g/mol. The number of aliphatic imine (C=N–C) groups is 1. The summed E-state index contributed by atoms with van der Waals surface area (Å²) in [7, 11) is -1.19. The molecule has 0 bridgehead atoms. The van der Waals surface area contributed by atoms with E-state index < -0.39 is 9.84 Å². The van der Waals surface area contributed by atoms with Gasteiger partial charge in [0.2, 0.25) is 0 Å². The quantitative estimate of drug-likeness (QED) is 0.453. The zero-order valence-corrected chi connectivity index (χ0v) is 13.8. The molecule has 0 unspecified atom stereocenters. The first-order valence-electron chi connectivity index (χ1n) is 7.15. The van der Waals surface area contributed by atoms with Crippen LogP contribution in [0.3, 0.4) is 0 Å². The molecule has 0 saturated carbocycles. The van der Waals surface area contributed by atoms with Gasteiger partial charge in [-0.2, -0.15) is 0 Å². The van der Waals surface area contributed by atoms with Gasteiger partial charge in [-0.15, -0.1) is 0 Å². The van der Waals surface area contributed by atoms with Crippen molar-refractivity contribution in [3.63, 3.8) is 0 Å². The van der Waals surface area contributed by atoms with E-state index in [0.717, 1.165) is 6.42 Å². The molecule has 0 aliphatic carbocycles. The normalized spacial score (nSPS) is 12.2. The fraction of sp³-hybridized carbons (Fsp3) is 0.533. The van der Waals surface area contributed by atoms with Gasteiger partial charge in [-0.05, 0) is 24.0 Å². The highest BCUT2D eigenvalue weighted by atomic mass is 32.2. The zero-order valence-electron chi connectivity index (χ0n) is 13.0. The highest BCUT2D eigenvalue weighted by molar-refractivity contribution is 7.90. The van der Waals surface area contributed by atoms with Gasteiger partial charge < -0.3 is 10.6 Å². The Morgan fingerprint density at radius 3 is 2.43 bits per heavy atom. The molecule has 0 saturated heterocycles. The summed E-state index contributed by atoms with van der Waals surface area (Å²) in [5.41, 5.74) is 2.57. The van der Waals surface area contributed by atoms with Crippen LogP contribution < -0.4 is 10.6 Å². The Labute approximate surface area is 127 Å². The maximum atomic E-state index is 11.1. The summed E-state index contributed by atoms with van der Waals surface area (Å²) >= 11 is 0. The minimum Gasteiger partial charge on any atom is -0.356 e. The molecule has 1 aromatic rings. The Kier molecular flexibility index (Phi) is 7.22. The van der Waals surface area contributed by atoms with E-state index in [2.05, 4.69) is 34.7 Å². The lowest BCUT2D eigenvalue weighted by Gasteiger charge is -2.13. The Bertz CT molecular complexity index is 568. The molecule has 0 fully saturated rings. The average molecular weight is 311 g/mol. The first-order chi connectivity index (χ1) is 9.96. The van der Waals surface area contributed by atoms with Crippen LogP contribution >= 0.6 is 0 Å².